The molecule has 110 valence electrons. The van der Waals surface area contributed by atoms with Crippen LogP contribution in [0.2, 0.25) is 0 Å². The van der Waals surface area contributed by atoms with Crippen LogP contribution in [0.15, 0.2) is 21.7 Å². The average Bonchev–Trinajstić information content (AvgIpc) is 2.95. The Hall–Kier alpha value is -0.920. The Morgan fingerprint density at radius 2 is 1.95 bits per heavy atom. The Morgan fingerprint density at radius 1 is 1.30 bits per heavy atom. The van der Waals surface area contributed by atoms with Gasteiger partial charge in [0.15, 0.2) is 0 Å². The highest BCUT2D eigenvalue weighted by molar-refractivity contribution is 7.91. The van der Waals surface area contributed by atoms with Crippen LogP contribution < -0.4 is 0 Å². The van der Waals surface area contributed by atoms with E-state index >= 15 is 0 Å². The van der Waals surface area contributed by atoms with Crippen molar-refractivity contribution in [3.8, 4) is 0 Å². The second-order valence-electron chi connectivity index (χ2n) is 5.48. The highest BCUT2D eigenvalue weighted by atomic mass is 32.2. The predicted octanol–water partition coefficient (Wildman–Crippen LogP) is 1.24. The number of amides is 1. The number of piperazine rings is 1. The standard InChI is InChI=1S/C13H18N2O3S2/c1-10-9-11(10)13(16)14-4-6-15(7-5-14)20(17,18)12-3-2-8-19-12/h2-3,8,10-11H,4-7,9H2,1H3/t10-,11-/m0/s1. The first-order chi connectivity index (χ1) is 9.50. The van der Waals surface area contributed by atoms with Gasteiger partial charge in [-0.25, -0.2) is 8.42 Å². The largest absolute Gasteiger partial charge is 0.340 e. The summed E-state index contributed by atoms with van der Waals surface area (Å²) in [5.74, 6) is 0.872. The molecular formula is C13H18N2O3S2. The van der Waals surface area contributed by atoms with Gasteiger partial charge in [0.25, 0.3) is 10.0 Å². The van der Waals surface area contributed by atoms with Gasteiger partial charge in [0.2, 0.25) is 5.91 Å². The molecule has 1 saturated carbocycles. The number of hydrogen-bond acceptors (Lipinski definition) is 4. The zero-order valence-corrected chi connectivity index (χ0v) is 13.0. The maximum absolute atomic E-state index is 12.4. The minimum Gasteiger partial charge on any atom is -0.340 e. The van der Waals surface area contributed by atoms with Crippen molar-refractivity contribution in [3.63, 3.8) is 0 Å². The molecule has 0 unspecified atom stereocenters. The first kappa shape index (κ1) is 14.0. The second kappa shape index (κ2) is 5.13. The highest BCUT2D eigenvalue weighted by Gasteiger charge is 2.42. The van der Waals surface area contributed by atoms with E-state index in [9.17, 15) is 13.2 Å². The first-order valence-electron chi connectivity index (χ1n) is 6.82. The Kier molecular flexibility index (Phi) is 3.60. The molecule has 1 aliphatic heterocycles. The van der Waals surface area contributed by atoms with Crippen molar-refractivity contribution in [2.75, 3.05) is 26.2 Å². The molecule has 0 spiro atoms. The van der Waals surface area contributed by atoms with E-state index in [0.29, 0.717) is 36.3 Å². The van der Waals surface area contributed by atoms with Crippen molar-refractivity contribution < 1.29 is 13.2 Å². The maximum atomic E-state index is 12.4. The third kappa shape index (κ3) is 2.49. The normalized spacial score (nSPS) is 27.6. The molecule has 2 heterocycles. The second-order valence-corrected chi connectivity index (χ2v) is 8.59. The lowest BCUT2D eigenvalue weighted by atomic mass is 10.2. The Labute approximate surface area is 123 Å². The number of thiophene rings is 1. The van der Waals surface area contributed by atoms with Crippen LogP contribution in [0.25, 0.3) is 0 Å². The SMILES string of the molecule is C[C@H]1C[C@@H]1C(=O)N1CCN(S(=O)(=O)c2cccs2)CC1. The van der Waals surface area contributed by atoms with Crippen LogP contribution in [0.5, 0.6) is 0 Å². The molecule has 2 atom stereocenters. The van der Waals surface area contributed by atoms with E-state index in [1.165, 1.54) is 15.6 Å². The van der Waals surface area contributed by atoms with E-state index in [-0.39, 0.29) is 11.8 Å². The summed E-state index contributed by atoms with van der Waals surface area (Å²) in [6.07, 6.45) is 0.979. The van der Waals surface area contributed by atoms with Crippen molar-refractivity contribution in [3.05, 3.63) is 17.5 Å². The quantitative estimate of drug-likeness (QED) is 0.843. The Balaban J connectivity index is 1.63. The van der Waals surface area contributed by atoms with E-state index < -0.39 is 10.0 Å². The van der Waals surface area contributed by atoms with Gasteiger partial charge < -0.3 is 4.90 Å². The molecular weight excluding hydrogens is 296 g/mol. The van der Waals surface area contributed by atoms with Gasteiger partial charge in [-0.3, -0.25) is 4.79 Å². The van der Waals surface area contributed by atoms with Gasteiger partial charge in [0, 0.05) is 32.1 Å². The van der Waals surface area contributed by atoms with Crippen LogP contribution in [0.1, 0.15) is 13.3 Å². The van der Waals surface area contributed by atoms with Gasteiger partial charge in [-0.1, -0.05) is 13.0 Å². The molecule has 0 radical (unpaired) electrons. The number of nitrogens with zero attached hydrogens (tertiary/aromatic N) is 2. The molecule has 0 bridgehead atoms. The molecule has 1 saturated heterocycles. The number of carbonyl (C=O) groups is 1. The lowest BCUT2D eigenvalue weighted by Gasteiger charge is -2.33. The fourth-order valence-electron chi connectivity index (χ4n) is 2.59. The molecule has 5 nitrogen and oxygen atoms in total. The number of sulfonamides is 1. The molecule has 3 rings (SSSR count). The smallest absolute Gasteiger partial charge is 0.252 e. The highest BCUT2D eigenvalue weighted by Crippen LogP contribution is 2.39. The third-order valence-corrected chi connectivity index (χ3v) is 7.34. The van der Waals surface area contributed by atoms with E-state index in [1.54, 1.807) is 17.5 Å². The van der Waals surface area contributed by atoms with Crippen molar-refractivity contribution in [2.45, 2.75) is 17.6 Å². The van der Waals surface area contributed by atoms with Crippen molar-refractivity contribution in [2.24, 2.45) is 11.8 Å². The number of carbonyl (C=O) groups excluding carboxylic acids is 1. The minimum absolute atomic E-state index is 0.176. The molecule has 2 aliphatic rings. The summed E-state index contributed by atoms with van der Waals surface area (Å²) in [4.78, 5) is 13.9. The lowest BCUT2D eigenvalue weighted by molar-refractivity contribution is -0.134. The lowest BCUT2D eigenvalue weighted by Crippen LogP contribution is -2.50. The average molecular weight is 314 g/mol. The van der Waals surface area contributed by atoms with Crippen molar-refractivity contribution in [1.29, 1.82) is 0 Å². The summed E-state index contributed by atoms with van der Waals surface area (Å²) < 4.78 is 26.6. The van der Waals surface area contributed by atoms with Crippen LogP contribution >= 0.6 is 11.3 Å². The van der Waals surface area contributed by atoms with E-state index in [4.69, 9.17) is 0 Å². The Morgan fingerprint density at radius 3 is 2.45 bits per heavy atom. The molecule has 20 heavy (non-hydrogen) atoms. The van der Waals surface area contributed by atoms with Crippen molar-refractivity contribution >= 4 is 27.3 Å². The van der Waals surface area contributed by atoms with Crippen LogP contribution in [0, 0.1) is 11.8 Å². The molecule has 1 amide bonds. The third-order valence-electron chi connectivity index (χ3n) is 4.07. The molecule has 1 aromatic heterocycles. The molecule has 0 aromatic carbocycles. The van der Waals surface area contributed by atoms with Crippen LogP contribution in [-0.4, -0.2) is 49.7 Å². The van der Waals surface area contributed by atoms with Gasteiger partial charge in [0.05, 0.1) is 0 Å². The van der Waals surface area contributed by atoms with Gasteiger partial charge in [0.1, 0.15) is 4.21 Å². The minimum atomic E-state index is -3.37. The maximum Gasteiger partial charge on any atom is 0.252 e. The van der Waals surface area contributed by atoms with Gasteiger partial charge >= 0.3 is 0 Å². The van der Waals surface area contributed by atoms with Crippen molar-refractivity contribution in [1.82, 2.24) is 9.21 Å². The summed E-state index contributed by atoms with van der Waals surface area (Å²) in [7, 11) is -3.37. The number of hydrogen-bond donors (Lipinski definition) is 0. The summed E-state index contributed by atoms with van der Waals surface area (Å²) in [5, 5.41) is 1.77. The summed E-state index contributed by atoms with van der Waals surface area (Å²) >= 11 is 1.24. The van der Waals surface area contributed by atoms with Crippen LogP contribution in [-0.2, 0) is 14.8 Å². The van der Waals surface area contributed by atoms with Crippen LogP contribution in [0.4, 0.5) is 0 Å². The zero-order chi connectivity index (χ0) is 14.3. The summed E-state index contributed by atoms with van der Waals surface area (Å²) in [5.41, 5.74) is 0. The number of rotatable bonds is 3. The van der Waals surface area contributed by atoms with Gasteiger partial charge in [-0.15, -0.1) is 11.3 Å². The molecule has 7 heteroatoms. The molecule has 1 aromatic rings. The van der Waals surface area contributed by atoms with Gasteiger partial charge in [-0.05, 0) is 23.8 Å². The predicted molar refractivity (Wildman–Crippen MR) is 76.9 cm³/mol. The van der Waals surface area contributed by atoms with Crippen LogP contribution in [0.3, 0.4) is 0 Å². The fraction of sp³-hybridized carbons (Fsp3) is 0.615. The van der Waals surface area contributed by atoms with E-state index in [2.05, 4.69) is 6.92 Å². The first-order valence-corrected chi connectivity index (χ1v) is 9.14. The molecule has 2 fully saturated rings. The van der Waals surface area contributed by atoms with E-state index in [0.717, 1.165) is 6.42 Å². The summed E-state index contributed by atoms with van der Waals surface area (Å²) in [6.45, 7) is 3.89. The Bertz CT molecular complexity index is 589. The zero-order valence-electron chi connectivity index (χ0n) is 11.4. The topological polar surface area (TPSA) is 57.7 Å². The van der Waals surface area contributed by atoms with E-state index in [1.807, 2.05) is 4.90 Å². The monoisotopic (exact) mass is 314 g/mol. The van der Waals surface area contributed by atoms with Gasteiger partial charge in [-0.2, -0.15) is 4.31 Å². The molecule has 1 aliphatic carbocycles. The molecule has 0 N–H and O–H groups in total. The summed E-state index contributed by atoms with van der Waals surface area (Å²) in [6, 6.07) is 3.37. The fourth-order valence-corrected chi connectivity index (χ4v) is 5.15.